The first-order chi connectivity index (χ1) is 15.7. The van der Waals surface area contributed by atoms with Crippen LogP contribution in [0.4, 0.5) is 13.2 Å². The van der Waals surface area contributed by atoms with E-state index in [2.05, 4.69) is 4.98 Å². The van der Waals surface area contributed by atoms with E-state index in [9.17, 15) is 22.8 Å². The number of amides is 1. The number of halogens is 3. The van der Waals surface area contributed by atoms with Crippen LogP contribution in [-0.2, 0) is 18.1 Å². The first kappa shape index (κ1) is 20.1. The van der Waals surface area contributed by atoms with Crippen molar-refractivity contribution in [1.82, 2.24) is 19.0 Å². The molecule has 10 heteroatoms. The number of rotatable bonds is 3. The Kier molecular flexibility index (Phi) is 3.95. The molecular weight excluding hydrogens is 437 g/mol. The normalized spacial score (nSPS) is 23.1. The van der Waals surface area contributed by atoms with Crippen molar-refractivity contribution in [1.29, 1.82) is 0 Å². The van der Waals surface area contributed by atoms with Gasteiger partial charge < -0.3 is 18.8 Å². The van der Waals surface area contributed by atoms with E-state index >= 15 is 0 Å². The number of alkyl halides is 3. The van der Waals surface area contributed by atoms with Crippen LogP contribution >= 0.6 is 0 Å². The van der Waals surface area contributed by atoms with Crippen molar-refractivity contribution in [3.05, 3.63) is 75.7 Å². The van der Waals surface area contributed by atoms with Gasteiger partial charge in [0.25, 0.3) is 11.5 Å². The number of ether oxygens (including phenoxy) is 1. The van der Waals surface area contributed by atoms with Gasteiger partial charge in [-0.25, -0.2) is 4.98 Å². The molecule has 6 rings (SSSR count). The van der Waals surface area contributed by atoms with E-state index in [1.54, 1.807) is 34.1 Å². The van der Waals surface area contributed by atoms with Crippen LogP contribution in [0.1, 0.15) is 33.7 Å². The Morgan fingerprint density at radius 1 is 1.18 bits per heavy atom. The first-order valence-corrected chi connectivity index (χ1v) is 10.6. The molecule has 3 aliphatic rings. The number of benzene rings is 1. The highest BCUT2D eigenvalue weighted by Crippen LogP contribution is 2.60. The van der Waals surface area contributed by atoms with E-state index in [1.807, 2.05) is 6.92 Å². The fourth-order valence-corrected chi connectivity index (χ4v) is 5.01. The maximum absolute atomic E-state index is 13.3. The summed E-state index contributed by atoms with van der Waals surface area (Å²) < 4.78 is 48.7. The van der Waals surface area contributed by atoms with E-state index in [0.717, 1.165) is 17.8 Å². The maximum Gasteiger partial charge on any atom is 0.416 e. The smallest absolute Gasteiger partial charge is 0.416 e. The average molecular weight is 456 g/mol. The van der Waals surface area contributed by atoms with Crippen molar-refractivity contribution in [2.75, 3.05) is 13.1 Å². The molecule has 0 radical (unpaired) electrons. The number of aromatic nitrogens is 3. The lowest BCUT2D eigenvalue weighted by atomic mass is 9.93. The van der Waals surface area contributed by atoms with Gasteiger partial charge in [0, 0.05) is 37.8 Å². The van der Waals surface area contributed by atoms with Crippen LogP contribution in [-0.4, -0.2) is 44.1 Å². The lowest BCUT2D eigenvalue weighted by Crippen LogP contribution is -2.47. The summed E-state index contributed by atoms with van der Waals surface area (Å²) in [6, 6.07) is 6.74. The monoisotopic (exact) mass is 456 g/mol. The molecule has 0 spiro atoms. The van der Waals surface area contributed by atoms with Crippen LogP contribution < -0.4 is 10.3 Å². The molecule has 1 amide bonds. The number of pyridine rings is 1. The van der Waals surface area contributed by atoms with Gasteiger partial charge in [-0.3, -0.25) is 9.59 Å². The number of nitrogens with zero attached hydrogens (tertiary/aromatic N) is 4. The fourth-order valence-electron chi connectivity index (χ4n) is 5.01. The van der Waals surface area contributed by atoms with Crippen LogP contribution in [0.5, 0.6) is 5.75 Å². The molecule has 0 N–H and O–H groups in total. The zero-order valence-electron chi connectivity index (χ0n) is 17.6. The standard InChI is InChI=1S/C23H19F3N4O3/c1-13-10-29(12-27-13)16-3-4-17-20(31)28(6-7-30(17)21(16)32)11-22-9-19(22)33-18-5-2-14(8-15(18)22)23(24,25)26/h2-5,8,10,12,19H,6-7,9,11H2,1H3. The van der Waals surface area contributed by atoms with E-state index in [-0.39, 0.29) is 29.8 Å². The summed E-state index contributed by atoms with van der Waals surface area (Å²) in [5, 5.41) is 0. The molecule has 1 fully saturated rings. The molecule has 170 valence electrons. The maximum atomic E-state index is 13.3. The summed E-state index contributed by atoms with van der Waals surface area (Å²) in [5.74, 6) is 0.132. The molecule has 2 aromatic heterocycles. The number of carbonyl (C=O) groups excluding carboxylic acids is 1. The third-order valence-electron chi connectivity index (χ3n) is 6.84. The Bertz CT molecular complexity index is 1380. The topological polar surface area (TPSA) is 69.4 Å². The predicted octanol–water partition coefficient (Wildman–Crippen LogP) is 2.92. The Hall–Kier alpha value is -3.56. The van der Waals surface area contributed by atoms with Gasteiger partial charge in [-0.05, 0) is 37.3 Å². The molecule has 1 saturated carbocycles. The number of carbonyl (C=O) groups is 1. The highest BCUT2D eigenvalue weighted by atomic mass is 19.4. The van der Waals surface area contributed by atoms with Crippen LogP contribution in [0.25, 0.3) is 5.69 Å². The number of fused-ring (bicyclic) bond motifs is 4. The van der Waals surface area contributed by atoms with Crippen molar-refractivity contribution >= 4 is 5.91 Å². The molecule has 1 aromatic carbocycles. The van der Waals surface area contributed by atoms with Gasteiger partial charge in [0.1, 0.15) is 23.2 Å². The highest BCUT2D eigenvalue weighted by molar-refractivity contribution is 5.93. The number of aryl methyl sites for hydroxylation is 1. The van der Waals surface area contributed by atoms with Gasteiger partial charge in [0.05, 0.1) is 23.0 Å². The average Bonchev–Trinajstić information content (AvgIpc) is 3.12. The van der Waals surface area contributed by atoms with Gasteiger partial charge in [-0.15, -0.1) is 0 Å². The third-order valence-corrected chi connectivity index (χ3v) is 6.84. The molecule has 7 nitrogen and oxygen atoms in total. The molecule has 0 bridgehead atoms. The van der Waals surface area contributed by atoms with Crippen LogP contribution in [0, 0.1) is 6.92 Å². The van der Waals surface area contributed by atoms with Gasteiger partial charge in [-0.1, -0.05) is 0 Å². The van der Waals surface area contributed by atoms with Crippen molar-refractivity contribution < 1.29 is 22.7 Å². The van der Waals surface area contributed by atoms with Crippen LogP contribution in [0.2, 0.25) is 0 Å². The Labute approximate surface area is 186 Å². The highest BCUT2D eigenvalue weighted by Gasteiger charge is 2.64. The van der Waals surface area contributed by atoms with E-state index < -0.39 is 17.2 Å². The minimum absolute atomic E-state index is 0.236. The summed E-state index contributed by atoms with van der Waals surface area (Å²) in [6.07, 6.45) is -0.832. The van der Waals surface area contributed by atoms with Crippen LogP contribution in [0.3, 0.4) is 0 Å². The Morgan fingerprint density at radius 2 is 2.00 bits per heavy atom. The second-order valence-electron chi connectivity index (χ2n) is 8.89. The molecule has 2 aliphatic heterocycles. The van der Waals surface area contributed by atoms with Crippen molar-refractivity contribution in [2.45, 2.75) is 37.6 Å². The zero-order valence-corrected chi connectivity index (χ0v) is 17.6. The number of hydrogen-bond acceptors (Lipinski definition) is 4. The molecule has 2 atom stereocenters. The van der Waals surface area contributed by atoms with E-state index in [0.29, 0.717) is 36.5 Å². The van der Waals surface area contributed by atoms with Gasteiger partial charge in [0.2, 0.25) is 0 Å². The van der Waals surface area contributed by atoms with E-state index in [4.69, 9.17) is 4.74 Å². The molecule has 2 unspecified atom stereocenters. The minimum atomic E-state index is -4.45. The Morgan fingerprint density at radius 3 is 2.73 bits per heavy atom. The second kappa shape index (κ2) is 6.49. The SMILES string of the molecule is Cc1cn(-c2ccc3n(c2=O)CCN(CC24CC2Oc2ccc(C(F)(F)F)cc24)C3=O)cn1. The lowest BCUT2D eigenvalue weighted by Gasteiger charge is -2.32. The molecular formula is C23H19F3N4O3. The first-order valence-electron chi connectivity index (χ1n) is 10.6. The largest absolute Gasteiger partial charge is 0.489 e. The summed E-state index contributed by atoms with van der Waals surface area (Å²) in [5.41, 5.74) is 0.297. The molecule has 4 heterocycles. The third kappa shape index (κ3) is 2.93. The summed E-state index contributed by atoms with van der Waals surface area (Å²) in [4.78, 5) is 32.0. The van der Waals surface area contributed by atoms with Gasteiger partial charge in [-0.2, -0.15) is 13.2 Å². The molecule has 0 saturated heterocycles. The molecule has 3 aromatic rings. The fraction of sp³-hybridized carbons (Fsp3) is 0.348. The Balaban J connectivity index is 1.30. The summed E-state index contributed by atoms with van der Waals surface area (Å²) in [6.45, 7) is 2.67. The van der Waals surface area contributed by atoms with Crippen molar-refractivity contribution in [2.24, 2.45) is 0 Å². The second-order valence-corrected chi connectivity index (χ2v) is 8.89. The number of imidazole rings is 1. The predicted molar refractivity (Wildman–Crippen MR) is 111 cm³/mol. The molecule has 33 heavy (non-hydrogen) atoms. The van der Waals surface area contributed by atoms with Crippen molar-refractivity contribution in [3.63, 3.8) is 0 Å². The van der Waals surface area contributed by atoms with Crippen LogP contribution in [0.15, 0.2) is 47.7 Å². The summed E-state index contributed by atoms with van der Waals surface area (Å²) >= 11 is 0. The quantitative estimate of drug-likeness (QED) is 0.608. The van der Waals surface area contributed by atoms with Gasteiger partial charge in [0.15, 0.2) is 0 Å². The van der Waals surface area contributed by atoms with Gasteiger partial charge >= 0.3 is 6.18 Å². The van der Waals surface area contributed by atoms with E-state index in [1.165, 1.54) is 10.6 Å². The minimum Gasteiger partial charge on any atom is -0.489 e. The van der Waals surface area contributed by atoms with Crippen molar-refractivity contribution in [3.8, 4) is 11.4 Å². The number of hydrogen-bond donors (Lipinski definition) is 0. The zero-order chi connectivity index (χ0) is 23.1. The lowest BCUT2D eigenvalue weighted by molar-refractivity contribution is -0.137. The summed E-state index contributed by atoms with van der Waals surface area (Å²) in [7, 11) is 0. The molecule has 1 aliphatic carbocycles.